The summed E-state index contributed by atoms with van der Waals surface area (Å²) >= 11 is 3.99. The molecule has 1 fully saturated rings. The second-order valence-electron chi connectivity index (χ2n) is 5.90. The van der Waals surface area contributed by atoms with Crippen molar-refractivity contribution < 1.29 is 13.2 Å². The molecular formula is C16H20N4O3S4. The summed E-state index contributed by atoms with van der Waals surface area (Å²) in [4.78, 5) is 15.5. The Balaban J connectivity index is 1.90. The molecule has 27 heavy (non-hydrogen) atoms. The van der Waals surface area contributed by atoms with Crippen LogP contribution in [0.25, 0.3) is 0 Å². The topological polar surface area (TPSA) is 92.3 Å². The van der Waals surface area contributed by atoms with E-state index in [2.05, 4.69) is 14.9 Å². The van der Waals surface area contributed by atoms with Crippen LogP contribution in [0, 0.1) is 0 Å². The number of carbonyl (C=O) groups is 1. The molecule has 0 spiro atoms. The van der Waals surface area contributed by atoms with E-state index in [0.717, 1.165) is 24.2 Å². The molecule has 2 aromatic rings. The Hall–Kier alpha value is -1.30. The van der Waals surface area contributed by atoms with Gasteiger partial charge in [0.25, 0.3) is 15.9 Å². The van der Waals surface area contributed by atoms with Gasteiger partial charge < -0.3 is 4.90 Å². The van der Waals surface area contributed by atoms with Crippen molar-refractivity contribution in [1.29, 1.82) is 0 Å². The molecule has 3 rings (SSSR count). The monoisotopic (exact) mass is 444 g/mol. The number of sulfonamides is 1. The molecule has 2 heterocycles. The number of rotatable bonds is 6. The van der Waals surface area contributed by atoms with Gasteiger partial charge in [0.1, 0.15) is 0 Å². The summed E-state index contributed by atoms with van der Waals surface area (Å²) in [6.07, 6.45) is 6.80. The standard InChI is InChI=1S/C16H20N4O3S4/c1-24-13-7-6-11(10-12(13)14(21)20-8-4-3-5-9-20)27(22,23)19-15-17-18-16(25-2)26-15/h6-7,10H,3-5,8-9H2,1-2H3,(H,17,19). The van der Waals surface area contributed by atoms with Crippen molar-refractivity contribution in [2.75, 3.05) is 30.3 Å². The fourth-order valence-electron chi connectivity index (χ4n) is 2.80. The number of hydrogen-bond acceptors (Lipinski definition) is 8. The van der Waals surface area contributed by atoms with Gasteiger partial charge in [0.05, 0.1) is 10.5 Å². The van der Waals surface area contributed by atoms with Gasteiger partial charge in [-0.15, -0.1) is 22.0 Å². The number of carbonyl (C=O) groups excluding carboxylic acids is 1. The van der Waals surface area contributed by atoms with E-state index in [1.54, 1.807) is 11.0 Å². The third kappa shape index (κ3) is 4.76. The highest BCUT2D eigenvalue weighted by Crippen LogP contribution is 2.29. The summed E-state index contributed by atoms with van der Waals surface area (Å²) in [5.41, 5.74) is 0.425. The SMILES string of the molecule is CSc1nnc(NS(=O)(=O)c2ccc(SC)c(C(=O)N3CCCCC3)c2)s1. The average Bonchev–Trinajstić information content (AvgIpc) is 3.14. The average molecular weight is 445 g/mol. The van der Waals surface area contributed by atoms with Gasteiger partial charge in [-0.3, -0.25) is 9.52 Å². The van der Waals surface area contributed by atoms with Gasteiger partial charge in [0.15, 0.2) is 4.34 Å². The molecule has 146 valence electrons. The fraction of sp³-hybridized carbons (Fsp3) is 0.438. The molecule has 1 aliphatic rings. The molecule has 0 radical (unpaired) electrons. The van der Waals surface area contributed by atoms with Crippen molar-refractivity contribution in [3.05, 3.63) is 23.8 Å². The van der Waals surface area contributed by atoms with Gasteiger partial charge in [-0.2, -0.15) is 0 Å². The summed E-state index contributed by atoms with van der Waals surface area (Å²) in [5, 5.41) is 7.93. The maximum Gasteiger partial charge on any atom is 0.263 e. The summed E-state index contributed by atoms with van der Waals surface area (Å²) in [6.45, 7) is 1.42. The molecule has 0 bridgehead atoms. The highest BCUT2D eigenvalue weighted by Gasteiger charge is 2.24. The zero-order chi connectivity index (χ0) is 19.4. The maximum absolute atomic E-state index is 12.9. The number of hydrogen-bond donors (Lipinski definition) is 1. The van der Waals surface area contributed by atoms with Gasteiger partial charge in [0, 0.05) is 18.0 Å². The van der Waals surface area contributed by atoms with Crippen LogP contribution < -0.4 is 4.72 Å². The highest BCUT2D eigenvalue weighted by atomic mass is 32.2. The quantitative estimate of drug-likeness (QED) is 0.683. The Morgan fingerprint density at radius 1 is 1.15 bits per heavy atom. The first kappa shape index (κ1) is 20.4. The van der Waals surface area contributed by atoms with Gasteiger partial charge in [-0.25, -0.2) is 8.42 Å². The second-order valence-corrected chi connectivity index (χ2v) is 10.5. The van der Waals surface area contributed by atoms with Gasteiger partial charge in [-0.1, -0.05) is 23.1 Å². The van der Waals surface area contributed by atoms with Crippen molar-refractivity contribution in [3.63, 3.8) is 0 Å². The summed E-state index contributed by atoms with van der Waals surface area (Å²) in [7, 11) is -3.85. The minimum atomic E-state index is -3.85. The number of likely N-dealkylation sites (tertiary alicyclic amines) is 1. The zero-order valence-corrected chi connectivity index (χ0v) is 18.2. The lowest BCUT2D eigenvalue weighted by molar-refractivity contribution is 0.0720. The van der Waals surface area contributed by atoms with E-state index < -0.39 is 10.0 Å². The smallest absolute Gasteiger partial charge is 0.263 e. The molecule has 0 saturated carbocycles. The molecule has 1 aliphatic heterocycles. The van der Waals surface area contributed by atoms with Crippen molar-refractivity contribution in [2.45, 2.75) is 33.4 Å². The number of amides is 1. The molecule has 0 atom stereocenters. The number of thioether (sulfide) groups is 2. The lowest BCUT2D eigenvalue weighted by Gasteiger charge is -2.27. The van der Waals surface area contributed by atoms with E-state index in [4.69, 9.17) is 0 Å². The van der Waals surface area contributed by atoms with Crippen LogP contribution >= 0.6 is 34.9 Å². The molecule has 0 aliphatic carbocycles. The number of nitrogens with zero attached hydrogens (tertiary/aromatic N) is 3. The van der Waals surface area contributed by atoms with E-state index in [9.17, 15) is 13.2 Å². The maximum atomic E-state index is 12.9. The Labute approximate surface area is 171 Å². The van der Waals surface area contributed by atoms with Crippen molar-refractivity contribution in [3.8, 4) is 0 Å². The number of anilines is 1. The molecule has 1 saturated heterocycles. The molecule has 0 unspecified atom stereocenters. The van der Waals surface area contributed by atoms with E-state index >= 15 is 0 Å². The lowest BCUT2D eigenvalue weighted by atomic mass is 10.1. The molecule has 1 N–H and O–H groups in total. The third-order valence-electron chi connectivity index (χ3n) is 4.16. The van der Waals surface area contributed by atoms with E-state index in [1.165, 1.54) is 47.0 Å². The first-order valence-electron chi connectivity index (χ1n) is 8.32. The van der Waals surface area contributed by atoms with Crippen LogP contribution in [-0.2, 0) is 10.0 Å². The van der Waals surface area contributed by atoms with Crippen molar-refractivity contribution in [1.82, 2.24) is 15.1 Å². The van der Waals surface area contributed by atoms with Crippen molar-refractivity contribution in [2.24, 2.45) is 0 Å². The van der Waals surface area contributed by atoms with E-state index in [0.29, 0.717) is 23.0 Å². The molecule has 1 aromatic heterocycles. The number of piperidine rings is 1. The Morgan fingerprint density at radius 2 is 1.89 bits per heavy atom. The third-order valence-corrected chi connectivity index (χ3v) is 8.23. The molecule has 11 heteroatoms. The predicted molar refractivity (Wildman–Crippen MR) is 110 cm³/mol. The normalized spacial score (nSPS) is 15.0. The van der Waals surface area contributed by atoms with Crippen LogP contribution in [0.5, 0.6) is 0 Å². The van der Waals surface area contributed by atoms with Gasteiger partial charge in [0.2, 0.25) is 5.13 Å². The molecule has 1 aromatic carbocycles. The first-order chi connectivity index (χ1) is 12.9. The number of aromatic nitrogens is 2. The summed E-state index contributed by atoms with van der Waals surface area (Å²) in [5.74, 6) is -0.114. The van der Waals surface area contributed by atoms with Gasteiger partial charge in [-0.05, 0) is 50.0 Å². The van der Waals surface area contributed by atoms with Crippen LogP contribution in [0.2, 0.25) is 0 Å². The second kappa shape index (κ2) is 8.80. The Morgan fingerprint density at radius 3 is 2.52 bits per heavy atom. The molecule has 1 amide bonds. The summed E-state index contributed by atoms with van der Waals surface area (Å²) in [6, 6.07) is 4.66. The lowest BCUT2D eigenvalue weighted by Crippen LogP contribution is -2.36. The molecule has 7 nitrogen and oxygen atoms in total. The van der Waals surface area contributed by atoms with Crippen LogP contribution in [0.1, 0.15) is 29.6 Å². The largest absolute Gasteiger partial charge is 0.339 e. The van der Waals surface area contributed by atoms with Crippen molar-refractivity contribution >= 4 is 55.9 Å². The number of benzene rings is 1. The van der Waals surface area contributed by atoms with Gasteiger partial charge >= 0.3 is 0 Å². The minimum absolute atomic E-state index is 0.0431. The van der Waals surface area contributed by atoms with Crippen LogP contribution in [0.3, 0.4) is 0 Å². The van der Waals surface area contributed by atoms with Crippen LogP contribution in [0.15, 0.2) is 32.3 Å². The van der Waals surface area contributed by atoms with E-state index in [1.807, 2.05) is 12.5 Å². The minimum Gasteiger partial charge on any atom is -0.339 e. The zero-order valence-electron chi connectivity index (χ0n) is 15.0. The first-order valence-corrected chi connectivity index (χ1v) is 13.1. The Kier molecular flexibility index (Phi) is 6.66. The predicted octanol–water partition coefficient (Wildman–Crippen LogP) is 3.41. The van der Waals surface area contributed by atoms with Crippen LogP contribution in [0.4, 0.5) is 5.13 Å². The fourth-order valence-corrected chi connectivity index (χ4v) is 5.79. The Bertz CT molecular complexity index is 923. The van der Waals surface area contributed by atoms with Crippen LogP contribution in [-0.4, -0.2) is 55.0 Å². The number of nitrogens with one attached hydrogen (secondary N) is 1. The summed E-state index contributed by atoms with van der Waals surface area (Å²) < 4.78 is 28.6. The van der Waals surface area contributed by atoms with E-state index in [-0.39, 0.29) is 15.9 Å². The molecular weight excluding hydrogens is 424 g/mol. The highest BCUT2D eigenvalue weighted by molar-refractivity contribution is 8.00.